The third-order valence-corrected chi connectivity index (χ3v) is 2.67. The van der Waals surface area contributed by atoms with Crippen LogP contribution in [0.25, 0.3) is 10.9 Å². The van der Waals surface area contributed by atoms with Crippen LogP contribution in [0.1, 0.15) is 5.56 Å². The molecule has 0 aliphatic rings. The number of aryl methyl sites for hydroxylation is 1. The van der Waals surface area contributed by atoms with Gasteiger partial charge in [0.05, 0.1) is 11.9 Å². The normalized spacial score (nSPS) is 10.8. The van der Waals surface area contributed by atoms with Crippen molar-refractivity contribution in [3.8, 4) is 0 Å². The molecule has 0 spiro atoms. The van der Waals surface area contributed by atoms with E-state index in [0.717, 1.165) is 5.39 Å². The summed E-state index contributed by atoms with van der Waals surface area (Å²) in [7, 11) is 1.73. The Labute approximate surface area is 91.1 Å². The number of hydrogen-bond acceptors (Lipinski definition) is 2. The summed E-state index contributed by atoms with van der Waals surface area (Å²) in [5.74, 6) is -0.871. The standard InChI is InChI=1S/C10H9ClN2O2/c1-13-10(11)7-4-2-3-6(5-8(14)15)9(7)12-13/h2-4H,5H2,1H3,(H,14,15). The number of aliphatic carboxylic acids is 1. The number of carboxylic acid groups (broad SMARTS) is 1. The van der Waals surface area contributed by atoms with Crippen LogP contribution in [0.2, 0.25) is 5.15 Å². The molecule has 1 N–H and O–H groups in total. The van der Waals surface area contributed by atoms with Gasteiger partial charge in [0, 0.05) is 12.4 Å². The van der Waals surface area contributed by atoms with Gasteiger partial charge < -0.3 is 5.11 Å². The zero-order chi connectivity index (χ0) is 11.0. The van der Waals surface area contributed by atoms with Gasteiger partial charge in [0.1, 0.15) is 5.15 Å². The molecule has 5 heteroatoms. The Morgan fingerprint density at radius 3 is 3.00 bits per heavy atom. The van der Waals surface area contributed by atoms with Crippen LogP contribution in [-0.2, 0) is 18.3 Å². The minimum Gasteiger partial charge on any atom is -0.481 e. The van der Waals surface area contributed by atoms with Crippen LogP contribution in [0.5, 0.6) is 0 Å². The molecule has 2 rings (SSSR count). The Bertz CT molecular complexity index is 533. The fraction of sp³-hybridized carbons (Fsp3) is 0.200. The van der Waals surface area contributed by atoms with Gasteiger partial charge in [0.15, 0.2) is 0 Å². The minimum absolute atomic E-state index is 0.0370. The van der Waals surface area contributed by atoms with Crippen molar-refractivity contribution in [2.24, 2.45) is 7.05 Å². The van der Waals surface area contributed by atoms with Crippen molar-refractivity contribution >= 4 is 28.5 Å². The van der Waals surface area contributed by atoms with Gasteiger partial charge in [-0.15, -0.1) is 0 Å². The number of carboxylic acids is 1. The van der Waals surface area contributed by atoms with Crippen LogP contribution in [0.4, 0.5) is 0 Å². The van der Waals surface area contributed by atoms with Crippen LogP contribution in [-0.4, -0.2) is 20.9 Å². The summed E-state index contributed by atoms with van der Waals surface area (Å²) >= 11 is 6.00. The van der Waals surface area contributed by atoms with Crippen molar-refractivity contribution in [3.63, 3.8) is 0 Å². The van der Waals surface area contributed by atoms with Crippen LogP contribution < -0.4 is 0 Å². The van der Waals surface area contributed by atoms with Crippen LogP contribution in [0, 0.1) is 0 Å². The monoisotopic (exact) mass is 224 g/mol. The molecular weight excluding hydrogens is 216 g/mol. The summed E-state index contributed by atoms with van der Waals surface area (Å²) in [6.07, 6.45) is -0.0370. The van der Waals surface area contributed by atoms with E-state index in [1.165, 1.54) is 4.68 Å². The van der Waals surface area contributed by atoms with Gasteiger partial charge in [-0.3, -0.25) is 9.48 Å². The summed E-state index contributed by atoms with van der Waals surface area (Å²) in [5.41, 5.74) is 1.34. The van der Waals surface area contributed by atoms with Crippen molar-refractivity contribution in [1.82, 2.24) is 9.78 Å². The quantitative estimate of drug-likeness (QED) is 0.847. The zero-order valence-electron chi connectivity index (χ0n) is 8.07. The Morgan fingerprint density at radius 1 is 1.60 bits per heavy atom. The molecule has 0 saturated heterocycles. The molecule has 0 saturated carbocycles. The van der Waals surface area contributed by atoms with Gasteiger partial charge in [-0.25, -0.2) is 0 Å². The van der Waals surface area contributed by atoms with E-state index >= 15 is 0 Å². The summed E-state index contributed by atoms with van der Waals surface area (Å²) in [6.45, 7) is 0. The summed E-state index contributed by atoms with van der Waals surface area (Å²) in [4.78, 5) is 10.6. The first kappa shape index (κ1) is 9.98. The van der Waals surface area contributed by atoms with Crippen molar-refractivity contribution in [3.05, 3.63) is 28.9 Å². The molecule has 1 aromatic carbocycles. The molecule has 0 bridgehead atoms. The molecule has 0 unspecified atom stereocenters. The number of carbonyl (C=O) groups is 1. The van der Waals surface area contributed by atoms with E-state index < -0.39 is 5.97 Å². The molecular formula is C10H9ClN2O2. The molecule has 1 aromatic heterocycles. The Kier molecular flexibility index (Phi) is 2.36. The van der Waals surface area contributed by atoms with E-state index in [0.29, 0.717) is 16.2 Å². The second kappa shape index (κ2) is 3.55. The third kappa shape index (κ3) is 1.68. The third-order valence-electron chi connectivity index (χ3n) is 2.22. The average molecular weight is 225 g/mol. The maximum atomic E-state index is 10.6. The Morgan fingerprint density at radius 2 is 2.33 bits per heavy atom. The molecule has 0 fully saturated rings. The lowest BCUT2D eigenvalue weighted by Crippen LogP contribution is -2.00. The van der Waals surface area contributed by atoms with Crippen LogP contribution in [0.3, 0.4) is 0 Å². The highest BCUT2D eigenvalue weighted by Gasteiger charge is 2.11. The lowest BCUT2D eigenvalue weighted by Gasteiger charge is -1.97. The maximum Gasteiger partial charge on any atom is 0.307 e. The molecule has 78 valence electrons. The highest BCUT2D eigenvalue weighted by Crippen LogP contribution is 2.25. The van der Waals surface area contributed by atoms with Gasteiger partial charge in [-0.1, -0.05) is 23.7 Å². The van der Waals surface area contributed by atoms with E-state index in [1.54, 1.807) is 19.2 Å². The minimum atomic E-state index is -0.871. The number of rotatable bonds is 2. The lowest BCUT2D eigenvalue weighted by molar-refractivity contribution is -0.136. The average Bonchev–Trinajstić information content (AvgIpc) is 2.45. The van der Waals surface area contributed by atoms with Gasteiger partial charge in [-0.2, -0.15) is 5.10 Å². The highest BCUT2D eigenvalue weighted by atomic mass is 35.5. The van der Waals surface area contributed by atoms with Crippen molar-refractivity contribution in [2.75, 3.05) is 0 Å². The molecule has 0 aliphatic heterocycles. The summed E-state index contributed by atoms with van der Waals surface area (Å²) in [6, 6.07) is 5.37. The predicted octanol–water partition coefficient (Wildman–Crippen LogP) is 1.85. The number of fused-ring (bicyclic) bond motifs is 1. The maximum absolute atomic E-state index is 10.6. The van der Waals surface area contributed by atoms with Gasteiger partial charge >= 0.3 is 5.97 Å². The topological polar surface area (TPSA) is 55.1 Å². The predicted molar refractivity (Wildman–Crippen MR) is 57.1 cm³/mol. The molecule has 0 amide bonds. The largest absolute Gasteiger partial charge is 0.481 e. The van der Waals surface area contributed by atoms with E-state index in [2.05, 4.69) is 5.10 Å². The van der Waals surface area contributed by atoms with E-state index in [4.69, 9.17) is 16.7 Å². The number of aromatic nitrogens is 2. The van der Waals surface area contributed by atoms with Crippen molar-refractivity contribution in [1.29, 1.82) is 0 Å². The first-order chi connectivity index (χ1) is 7.09. The highest BCUT2D eigenvalue weighted by molar-refractivity contribution is 6.34. The molecule has 0 aliphatic carbocycles. The molecule has 1 heterocycles. The van der Waals surface area contributed by atoms with Gasteiger partial charge in [-0.05, 0) is 11.6 Å². The van der Waals surface area contributed by atoms with E-state index in [9.17, 15) is 4.79 Å². The summed E-state index contributed by atoms with van der Waals surface area (Å²) in [5, 5.41) is 14.2. The zero-order valence-corrected chi connectivity index (χ0v) is 8.82. The molecule has 2 aromatic rings. The van der Waals surface area contributed by atoms with Crippen LogP contribution >= 0.6 is 11.6 Å². The number of hydrogen-bond donors (Lipinski definition) is 1. The number of halogens is 1. The second-order valence-corrected chi connectivity index (χ2v) is 3.66. The fourth-order valence-corrected chi connectivity index (χ4v) is 1.74. The molecule has 4 nitrogen and oxygen atoms in total. The van der Waals surface area contributed by atoms with Gasteiger partial charge in [0.25, 0.3) is 0 Å². The first-order valence-corrected chi connectivity index (χ1v) is 4.79. The molecule has 15 heavy (non-hydrogen) atoms. The molecule has 0 atom stereocenters. The van der Waals surface area contributed by atoms with Crippen LogP contribution in [0.15, 0.2) is 18.2 Å². The van der Waals surface area contributed by atoms with Crippen molar-refractivity contribution in [2.45, 2.75) is 6.42 Å². The summed E-state index contributed by atoms with van der Waals surface area (Å²) < 4.78 is 1.54. The number of nitrogens with zero attached hydrogens (tertiary/aromatic N) is 2. The smallest absolute Gasteiger partial charge is 0.307 e. The Hall–Kier alpha value is -1.55. The number of benzene rings is 1. The van der Waals surface area contributed by atoms with E-state index in [-0.39, 0.29) is 6.42 Å². The Balaban J connectivity index is 2.65. The van der Waals surface area contributed by atoms with Crippen molar-refractivity contribution < 1.29 is 9.90 Å². The second-order valence-electron chi connectivity index (χ2n) is 3.30. The van der Waals surface area contributed by atoms with E-state index in [1.807, 2.05) is 6.07 Å². The molecule has 0 radical (unpaired) electrons. The fourth-order valence-electron chi connectivity index (χ4n) is 1.55. The SMILES string of the molecule is Cn1nc2c(CC(=O)O)cccc2c1Cl. The van der Waals surface area contributed by atoms with Gasteiger partial charge in [0.2, 0.25) is 0 Å². The lowest BCUT2D eigenvalue weighted by atomic mass is 10.1. The first-order valence-electron chi connectivity index (χ1n) is 4.41.